The maximum atomic E-state index is 5.84. The molecule has 3 nitrogen and oxygen atoms in total. The number of hydrogen-bond donors (Lipinski definition) is 1. The summed E-state index contributed by atoms with van der Waals surface area (Å²) in [5.74, 6) is 1.00. The topological polar surface area (TPSA) is 48.1 Å². The van der Waals surface area contributed by atoms with Crippen molar-refractivity contribution in [3.63, 3.8) is 0 Å². The van der Waals surface area contributed by atoms with Crippen LogP contribution >= 0.6 is 0 Å². The van der Waals surface area contributed by atoms with E-state index in [0.29, 0.717) is 17.5 Å². The van der Waals surface area contributed by atoms with Crippen LogP contribution in [0.3, 0.4) is 0 Å². The van der Waals surface area contributed by atoms with Crippen LogP contribution in [0.4, 0.5) is 5.69 Å². The molecule has 0 fully saturated rings. The minimum atomic E-state index is 0.131. The third-order valence-electron chi connectivity index (χ3n) is 2.41. The molecule has 78 valence electrons. The number of hydrogen-bond acceptors (Lipinski definition) is 3. The fourth-order valence-corrected chi connectivity index (χ4v) is 0.951. The van der Waals surface area contributed by atoms with E-state index in [-0.39, 0.29) is 6.10 Å². The zero-order valence-electron chi connectivity index (χ0n) is 9.24. The number of ether oxygens (including phenoxy) is 1. The van der Waals surface area contributed by atoms with Gasteiger partial charge in [0.05, 0.1) is 11.8 Å². The van der Waals surface area contributed by atoms with E-state index in [1.54, 1.807) is 6.20 Å². The van der Waals surface area contributed by atoms with Crippen molar-refractivity contribution in [2.24, 2.45) is 5.92 Å². The van der Waals surface area contributed by atoms with Crippen molar-refractivity contribution in [2.45, 2.75) is 33.8 Å². The summed E-state index contributed by atoms with van der Waals surface area (Å²) in [5, 5.41) is 0. The van der Waals surface area contributed by atoms with Crippen LogP contribution in [0.2, 0.25) is 0 Å². The molecule has 0 radical (unpaired) electrons. The van der Waals surface area contributed by atoms with E-state index in [9.17, 15) is 0 Å². The van der Waals surface area contributed by atoms with Crippen molar-refractivity contribution in [1.82, 2.24) is 4.98 Å². The predicted molar refractivity (Wildman–Crippen MR) is 58.3 cm³/mol. The number of aryl methyl sites for hydroxylation is 1. The maximum absolute atomic E-state index is 5.84. The van der Waals surface area contributed by atoms with E-state index in [1.807, 2.05) is 19.9 Å². The number of pyridine rings is 1. The first-order valence-electron chi connectivity index (χ1n) is 4.90. The van der Waals surface area contributed by atoms with Gasteiger partial charge in [0, 0.05) is 6.20 Å². The Morgan fingerprint density at radius 1 is 1.36 bits per heavy atom. The molecule has 0 aliphatic carbocycles. The van der Waals surface area contributed by atoms with Crippen LogP contribution in [0, 0.1) is 12.8 Å². The van der Waals surface area contributed by atoms with Gasteiger partial charge in [0.1, 0.15) is 0 Å². The lowest BCUT2D eigenvalue weighted by Crippen LogP contribution is -2.20. The van der Waals surface area contributed by atoms with Crippen molar-refractivity contribution in [3.05, 3.63) is 17.8 Å². The van der Waals surface area contributed by atoms with Crippen molar-refractivity contribution in [2.75, 3.05) is 5.73 Å². The number of nitrogens with two attached hydrogens (primary N) is 1. The smallest absolute Gasteiger partial charge is 0.237 e. The highest BCUT2D eigenvalue weighted by molar-refractivity contribution is 5.53. The Morgan fingerprint density at radius 2 is 2.00 bits per heavy atom. The van der Waals surface area contributed by atoms with Gasteiger partial charge in [0.25, 0.3) is 0 Å². The normalized spacial score (nSPS) is 12.9. The molecule has 0 saturated heterocycles. The molecule has 0 spiro atoms. The van der Waals surface area contributed by atoms with E-state index in [4.69, 9.17) is 10.5 Å². The molecular formula is C11H18N2O. The molecule has 0 amide bonds. The molecule has 0 aliphatic rings. The molecule has 0 bridgehead atoms. The summed E-state index contributed by atoms with van der Waals surface area (Å²) < 4.78 is 5.65. The second-order valence-electron chi connectivity index (χ2n) is 3.91. The van der Waals surface area contributed by atoms with Gasteiger partial charge in [-0.25, -0.2) is 4.98 Å². The Kier molecular flexibility index (Phi) is 3.33. The molecule has 0 saturated carbocycles. The first-order chi connectivity index (χ1) is 6.52. The van der Waals surface area contributed by atoms with Gasteiger partial charge in [-0.2, -0.15) is 0 Å². The van der Waals surface area contributed by atoms with Crippen LogP contribution in [0.1, 0.15) is 26.3 Å². The first kappa shape index (κ1) is 10.8. The van der Waals surface area contributed by atoms with Crippen molar-refractivity contribution in [1.29, 1.82) is 0 Å². The second-order valence-corrected chi connectivity index (χ2v) is 3.91. The lowest BCUT2D eigenvalue weighted by molar-refractivity contribution is 0.164. The van der Waals surface area contributed by atoms with Crippen LogP contribution in [-0.2, 0) is 0 Å². The van der Waals surface area contributed by atoms with Gasteiger partial charge < -0.3 is 10.5 Å². The zero-order chi connectivity index (χ0) is 10.7. The number of aromatic nitrogens is 1. The highest BCUT2D eigenvalue weighted by atomic mass is 16.5. The van der Waals surface area contributed by atoms with Crippen LogP contribution in [0.5, 0.6) is 5.88 Å². The van der Waals surface area contributed by atoms with Gasteiger partial charge in [-0.3, -0.25) is 0 Å². The third kappa shape index (κ3) is 2.37. The fourth-order valence-electron chi connectivity index (χ4n) is 0.951. The van der Waals surface area contributed by atoms with Crippen LogP contribution in [-0.4, -0.2) is 11.1 Å². The molecule has 1 rings (SSSR count). The van der Waals surface area contributed by atoms with E-state index in [0.717, 1.165) is 5.56 Å². The molecule has 14 heavy (non-hydrogen) atoms. The highest BCUT2D eigenvalue weighted by Gasteiger charge is 2.12. The average molecular weight is 194 g/mol. The van der Waals surface area contributed by atoms with Gasteiger partial charge in [-0.1, -0.05) is 13.8 Å². The summed E-state index contributed by atoms with van der Waals surface area (Å²) in [6, 6.07) is 1.88. The Morgan fingerprint density at radius 3 is 2.57 bits per heavy atom. The minimum absolute atomic E-state index is 0.131. The van der Waals surface area contributed by atoms with Crippen LogP contribution in [0.25, 0.3) is 0 Å². The monoisotopic (exact) mass is 194 g/mol. The number of nitrogen functional groups attached to an aromatic ring is 1. The van der Waals surface area contributed by atoms with E-state index >= 15 is 0 Å². The largest absolute Gasteiger partial charge is 0.473 e. The lowest BCUT2D eigenvalue weighted by Gasteiger charge is -2.18. The maximum Gasteiger partial charge on any atom is 0.237 e. The zero-order valence-corrected chi connectivity index (χ0v) is 9.24. The second kappa shape index (κ2) is 4.31. The van der Waals surface area contributed by atoms with E-state index in [1.165, 1.54) is 0 Å². The molecule has 3 heteroatoms. The van der Waals surface area contributed by atoms with Crippen molar-refractivity contribution in [3.8, 4) is 5.88 Å². The van der Waals surface area contributed by atoms with E-state index in [2.05, 4.69) is 18.8 Å². The Balaban J connectivity index is 2.82. The number of anilines is 1. The predicted octanol–water partition coefficient (Wildman–Crippen LogP) is 2.40. The van der Waals surface area contributed by atoms with E-state index < -0.39 is 0 Å². The Hall–Kier alpha value is -1.25. The molecule has 1 aromatic heterocycles. The summed E-state index contributed by atoms with van der Waals surface area (Å²) >= 11 is 0. The summed E-state index contributed by atoms with van der Waals surface area (Å²) in [6.45, 7) is 8.19. The van der Waals surface area contributed by atoms with Crippen LogP contribution in [0.15, 0.2) is 12.3 Å². The molecule has 1 unspecified atom stereocenters. The standard InChI is InChI=1S/C11H18N2O/c1-7(2)9(4)14-11-10(12)8(3)5-6-13-11/h5-7,9H,12H2,1-4H3. The SMILES string of the molecule is Cc1ccnc(OC(C)C(C)C)c1N. The van der Waals surface area contributed by atoms with Crippen molar-refractivity contribution >= 4 is 5.69 Å². The molecule has 1 heterocycles. The van der Waals surface area contributed by atoms with Gasteiger partial charge in [0.2, 0.25) is 5.88 Å². The summed E-state index contributed by atoms with van der Waals surface area (Å²) in [5.41, 5.74) is 7.49. The van der Waals surface area contributed by atoms with Crippen LogP contribution < -0.4 is 10.5 Å². The number of rotatable bonds is 3. The Labute approximate surface area is 85.3 Å². The first-order valence-corrected chi connectivity index (χ1v) is 4.90. The van der Waals surface area contributed by atoms with Gasteiger partial charge in [-0.15, -0.1) is 0 Å². The number of nitrogens with zero attached hydrogens (tertiary/aromatic N) is 1. The van der Waals surface area contributed by atoms with Crippen molar-refractivity contribution < 1.29 is 4.74 Å². The average Bonchev–Trinajstić information content (AvgIpc) is 2.12. The quantitative estimate of drug-likeness (QED) is 0.803. The molecule has 0 aromatic carbocycles. The summed E-state index contributed by atoms with van der Waals surface area (Å²) in [7, 11) is 0. The highest BCUT2D eigenvalue weighted by Crippen LogP contribution is 2.23. The molecule has 2 N–H and O–H groups in total. The summed E-state index contributed by atoms with van der Waals surface area (Å²) in [4.78, 5) is 4.11. The Bertz CT molecular complexity index is 310. The third-order valence-corrected chi connectivity index (χ3v) is 2.41. The molecule has 1 aromatic rings. The van der Waals surface area contributed by atoms with Gasteiger partial charge in [-0.05, 0) is 31.4 Å². The fraction of sp³-hybridized carbons (Fsp3) is 0.545. The van der Waals surface area contributed by atoms with Gasteiger partial charge in [0.15, 0.2) is 0 Å². The molecule has 1 atom stereocenters. The molecule has 0 aliphatic heterocycles. The lowest BCUT2D eigenvalue weighted by atomic mass is 10.1. The molecular weight excluding hydrogens is 176 g/mol. The minimum Gasteiger partial charge on any atom is -0.473 e. The summed E-state index contributed by atoms with van der Waals surface area (Å²) in [6.07, 6.45) is 1.85. The van der Waals surface area contributed by atoms with Gasteiger partial charge >= 0.3 is 0 Å².